The van der Waals surface area contributed by atoms with Crippen LogP contribution in [0.4, 0.5) is 0 Å². The molecule has 1 atom stereocenters. The number of carbonyl (C=O) groups is 1. The molecule has 0 aliphatic rings. The predicted molar refractivity (Wildman–Crippen MR) is 105 cm³/mol. The van der Waals surface area contributed by atoms with Gasteiger partial charge < -0.3 is 10.1 Å². The van der Waals surface area contributed by atoms with Crippen LogP contribution in [-0.4, -0.2) is 24.5 Å². The van der Waals surface area contributed by atoms with E-state index < -0.39 is 0 Å². The van der Waals surface area contributed by atoms with Gasteiger partial charge in [0.15, 0.2) is 0 Å². The van der Waals surface area contributed by atoms with E-state index in [0.29, 0.717) is 6.54 Å². The Balaban J connectivity index is 1.62. The highest BCUT2D eigenvalue weighted by Gasteiger charge is 2.16. The van der Waals surface area contributed by atoms with Crippen LogP contribution in [-0.2, 0) is 11.3 Å². The van der Waals surface area contributed by atoms with Gasteiger partial charge in [-0.2, -0.15) is 0 Å². The van der Waals surface area contributed by atoms with Gasteiger partial charge in [0.2, 0.25) is 5.91 Å². The summed E-state index contributed by atoms with van der Waals surface area (Å²) < 4.78 is 5.32. The highest BCUT2D eigenvalue weighted by molar-refractivity contribution is 5.78. The first-order valence-corrected chi connectivity index (χ1v) is 8.86. The highest BCUT2D eigenvalue weighted by Crippen LogP contribution is 2.20. The van der Waals surface area contributed by atoms with Crippen LogP contribution >= 0.6 is 0 Å². The normalized spacial score (nSPS) is 11.6. The van der Waals surface area contributed by atoms with Gasteiger partial charge in [0.1, 0.15) is 5.75 Å². The highest BCUT2D eigenvalue weighted by atomic mass is 16.5. The Hall–Kier alpha value is -3.18. The first kappa shape index (κ1) is 18.6. The average molecular weight is 361 g/mol. The second kappa shape index (κ2) is 9.50. The molecular formula is C22H23N3O2. The number of para-hydroxylation sites is 1. The van der Waals surface area contributed by atoms with Crippen LogP contribution in [0.25, 0.3) is 0 Å². The van der Waals surface area contributed by atoms with Crippen LogP contribution < -0.4 is 15.4 Å². The summed E-state index contributed by atoms with van der Waals surface area (Å²) in [5.41, 5.74) is 2.88. The van der Waals surface area contributed by atoms with E-state index in [2.05, 4.69) is 15.6 Å². The summed E-state index contributed by atoms with van der Waals surface area (Å²) >= 11 is 0. The number of aromatic nitrogens is 1. The zero-order valence-electron chi connectivity index (χ0n) is 15.3. The van der Waals surface area contributed by atoms with Crippen molar-refractivity contribution in [3.63, 3.8) is 0 Å². The van der Waals surface area contributed by atoms with Crippen molar-refractivity contribution < 1.29 is 9.53 Å². The summed E-state index contributed by atoms with van der Waals surface area (Å²) in [6.45, 7) is 0.607. The maximum absolute atomic E-state index is 12.3. The number of pyridine rings is 1. The fourth-order valence-corrected chi connectivity index (χ4v) is 2.89. The van der Waals surface area contributed by atoms with Crippen molar-refractivity contribution in [3.05, 3.63) is 95.8 Å². The van der Waals surface area contributed by atoms with Crippen LogP contribution in [0.15, 0.2) is 79.0 Å². The largest absolute Gasteiger partial charge is 0.496 e. The minimum absolute atomic E-state index is 0.0854. The molecule has 138 valence electrons. The van der Waals surface area contributed by atoms with Crippen molar-refractivity contribution in [2.75, 3.05) is 13.7 Å². The van der Waals surface area contributed by atoms with Gasteiger partial charge in [-0.3, -0.25) is 15.1 Å². The van der Waals surface area contributed by atoms with Crippen LogP contribution in [0.2, 0.25) is 0 Å². The fraction of sp³-hybridized carbons (Fsp3) is 0.182. The molecule has 0 saturated heterocycles. The molecule has 0 aliphatic heterocycles. The molecule has 1 aromatic heterocycles. The third-order valence-electron chi connectivity index (χ3n) is 4.25. The molecular weight excluding hydrogens is 338 g/mol. The van der Waals surface area contributed by atoms with Crippen LogP contribution in [0, 0.1) is 0 Å². The first-order chi connectivity index (χ1) is 13.3. The number of amides is 1. The van der Waals surface area contributed by atoms with Crippen molar-refractivity contribution in [1.29, 1.82) is 0 Å². The molecule has 1 heterocycles. The summed E-state index contributed by atoms with van der Waals surface area (Å²) in [5.74, 6) is 0.680. The number of nitrogens with one attached hydrogen (secondary N) is 2. The summed E-state index contributed by atoms with van der Waals surface area (Å²) in [4.78, 5) is 16.8. The van der Waals surface area contributed by atoms with Crippen molar-refractivity contribution in [2.45, 2.75) is 12.6 Å². The molecule has 3 rings (SSSR count). The number of methoxy groups -OCH3 is 1. The topological polar surface area (TPSA) is 63.2 Å². The van der Waals surface area contributed by atoms with E-state index in [4.69, 9.17) is 4.74 Å². The molecule has 5 heteroatoms. The number of carbonyl (C=O) groups excluding carboxylic acids is 1. The SMILES string of the molecule is COc1ccccc1CNC(=O)CNC(c1ccccc1)c1ccccn1. The van der Waals surface area contributed by atoms with Crippen molar-refractivity contribution in [2.24, 2.45) is 0 Å². The maximum atomic E-state index is 12.3. The predicted octanol–water partition coefficient (Wildman–Crippen LogP) is 3.09. The molecule has 0 fully saturated rings. The smallest absolute Gasteiger partial charge is 0.234 e. The Labute approximate surface area is 159 Å². The van der Waals surface area contributed by atoms with Gasteiger partial charge in [-0.15, -0.1) is 0 Å². The molecule has 1 amide bonds. The second-order valence-corrected chi connectivity index (χ2v) is 6.07. The minimum atomic E-state index is -0.149. The molecule has 5 nitrogen and oxygen atoms in total. The Kier molecular flexibility index (Phi) is 6.55. The standard InChI is InChI=1S/C22H23N3O2/c1-27-20-13-6-5-11-18(20)15-24-21(26)16-25-22(17-9-3-2-4-10-17)19-12-7-8-14-23-19/h2-14,22,25H,15-16H2,1H3,(H,24,26). The molecule has 27 heavy (non-hydrogen) atoms. The van der Waals surface area contributed by atoms with Crippen LogP contribution in [0.1, 0.15) is 22.9 Å². The van der Waals surface area contributed by atoms with Gasteiger partial charge in [0.05, 0.1) is 25.4 Å². The van der Waals surface area contributed by atoms with Gasteiger partial charge in [0, 0.05) is 18.3 Å². The number of benzene rings is 2. The van der Waals surface area contributed by atoms with Crippen LogP contribution in [0.5, 0.6) is 5.75 Å². The van der Waals surface area contributed by atoms with Crippen molar-refractivity contribution >= 4 is 5.91 Å². The van der Waals surface area contributed by atoms with Gasteiger partial charge in [-0.05, 0) is 23.8 Å². The molecule has 0 spiro atoms. The van der Waals surface area contributed by atoms with E-state index in [1.54, 1.807) is 13.3 Å². The lowest BCUT2D eigenvalue weighted by Crippen LogP contribution is -2.36. The van der Waals surface area contributed by atoms with E-state index in [1.807, 2.05) is 72.8 Å². The van der Waals surface area contributed by atoms with Crippen molar-refractivity contribution in [3.8, 4) is 5.75 Å². The third kappa shape index (κ3) is 5.15. The zero-order chi connectivity index (χ0) is 18.9. The van der Waals surface area contributed by atoms with Gasteiger partial charge in [0.25, 0.3) is 0 Å². The minimum Gasteiger partial charge on any atom is -0.496 e. The summed E-state index contributed by atoms with van der Waals surface area (Å²) in [7, 11) is 1.62. The summed E-state index contributed by atoms with van der Waals surface area (Å²) in [6.07, 6.45) is 1.76. The van der Waals surface area contributed by atoms with Crippen molar-refractivity contribution in [1.82, 2.24) is 15.6 Å². The maximum Gasteiger partial charge on any atom is 0.234 e. The number of hydrogen-bond donors (Lipinski definition) is 2. The Morgan fingerprint density at radius 2 is 1.74 bits per heavy atom. The second-order valence-electron chi connectivity index (χ2n) is 6.07. The van der Waals surface area contributed by atoms with E-state index in [0.717, 1.165) is 22.6 Å². The quantitative estimate of drug-likeness (QED) is 0.647. The number of hydrogen-bond acceptors (Lipinski definition) is 4. The molecule has 0 aliphatic carbocycles. The molecule has 0 saturated carbocycles. The van der Waals surface area contributed by atoms with E-state index in [9.17, 15) is 4.79 Å². The summed E-state index contributed by atoms with van der Waals surface area (Å²) in [5, 5.41) is 6.24. The van der Waals surface area contributed by atoms with Gasteiger partial charge >= 0.3 is 0 Å². The van der Waals surface area contributed by atoms with Crippen LogP contribution in [0.3, 0.4) is 0 Å². The average Bonchev–Trinajstić information content (AvgIpc) is 2.74. The number of rotatable bonds is 8. The van der Waals surface area contributed by atoms with E-state index >= 15 is 0 Å². The molecule has 0 bridgehead atoms. The van der Waals surface area contributed by atoms with E-state index in [1.165, 1.54) is 0 Å². The molecule has 2 aromatic carbocycles. The molecule has 0 radical (unpaired) electrons. The Bertz CT molecular complexity index is 814. The fourth-order valence-electron chi connectivity index (χ4n) is 2.89. The number of ether oxygens (including phenoxy) is 1. The number of nitrogens with zero attached hydrogens (tertiary/aromatic N) is 1. The Morgan fingerprint density at radius 3 is 2.48 bits per heavy atom. The monoisotopic (exact) mass is 361 g/mol. The summed E-state index contributed by atoms with van der Waals surface area (Å²) in [6, 6.07) is 23.3. The Morgan fingerprint density at radius 1 is 1.00 bits per heavy atom. The van der Waals surface area contributed by atoms with Gasteiger partial charge in [-0.1, -0.05) is 54.6 Å². The van der Waals surface area contributed by atoms with Gasteiger partial charge in [-0.25, -0.2) is 0 Å². The molecule has 2 N–H and O–H groups in total. The third-order valence-corrected chi connectivity index (χ3v) is 4.25. The van der Waals surface area contributed by atoms with E-state index in [-0.39, 0.29) is 18.5 Å². The zero-order valence-corrected chi connectivity index (χ0v) is 15.3. The first-order valence-electron chi connectivity index (χ1n) is 8.86. The lowest BCUT2D eigenvalue weighted by molar-refractivity contribution is -0.120. The molecule has 3 aromatic rings. The molecule has 1 unspecified atom stereocenters. The lowest BCUT2D eigenvalue weighted by Gasteiger charge is -2.19. The lowest BCUT2D eigenvalue weighted by atomic mass is 10.0.